The van der Waals surface area contributed by atoms with Crippen LogP contribution in [0.15, 0.2) is 48.5 Å². The van der Waals surface area contributed by atoms with Crippen LogP contribution in [0.4, 0.5) is 0 Å². The van der Waals surface area contributed by atoms with Gasteiger partial charge in [-0.3, -0.25) is 0 Å². The van der Waals surface area contributed by atoms with Gasteiger partial charge in [-0.2, -0.15) is 0 Å². The highest BCUT2D eigenvalue weighted by Gasteiger charge is 2.42. The largest absolute Gasteiger partial charge is 0.497 e. The van der Waals surface area contributed by atoms with E-state index < -0.39 is 5.79 Å². The molecule has 0 unspecified atom stereocenters. The Labute approximate surface area is 175 Å². The Hall–Kier alpha value is -1.88. The van der Waals surface area contributed by atoms with Crippen LogP contribution in [0, 0.1) is 0 Å². The molecule has 1 aliphatic heterocycles. The lowest BCUT2D eigenvalue weighted by atomic mass is 9.95. The number of methoxy groups -OCH3 is 1. The third kappa shape index (κ3) is 6.05. The third-order valence-corrected chi connectivity index (χ3v) is 5.30. The fraction of sp³-hybridized carbons (Fsp3) is 0.520. The van der Waals surface area contributed by atoms with E-state index in [1.807, 2.05) is 38.1 Å². The lowest BCUT2D eigenvalue weighted by Crippen LogP contribution is -2.21. The summed E-state index contributed by atoms with van der Waals surface area (Å²) in [4.78, 5) is 0. The first-order chi connectivity index (χ1) is 14.0. The van der Waals surface area contributed by atoms with Crippen molar-refractivity contribution in [2.45, 2.75) is 77.7 Å². The second-order valence-electron chi connectivity index (χ2n) is 8.13. The van der Waals surface area contributed by atoms with Gasteiger partial charge in [0.15, 0.2) is 5.79 Å². The van der Waals surface area contributed by atoms with E-state index in [9.17, 15) is 0 Å². The van der Waals surface area contributed by atoms with Crippen molar-refractivity contribution >= 4 is 0 Å². The van der Waals surface area contributed by atoms with Crippen molar-refractivity contribution < 1.29 is 18.9 Å². The minimum Gasteiger partial charge on any atom is -0.497 e. The Bertz CT molecular complexity index is 757. The lowest BCUT2D eigenvalue weighted by Gasteiger charge is -2.21. The van der Waals surface area contributed by atoms with E-state index in [-0.39, 0.29) is 12.2 Å². The Morgan fingerprint density at radius 2 is 1.76 bits per heavy atom. The molecule has 0 amide bonds. The predicted molar refractivity (Wildman–Crippen MR) is 115 cm³/mol. The average molecular weight is 399 g/mol. The van der Waals surface area contributed by atoms with Crippen molar-refractivity contribution in [3.63, 3.8) is 0 Å². The van der Waals surface area contributed by atoms with Crippen LogP contribution in [-0.4, -0.2) is 19.0 Å². The molecule has 1 aliphatic rings. The molecule has 0 N–H and O–H groups in total. The van der Waals surface area contributed by atoms with Crippen LogP contribution in [0.25, 0.3) is 0 Å². The monoisotopic (exact) mass is 398 g/mol. The number of hydrogen-bond acceptors (Lipinski definition) is 4. The van der Waals surface area contributed by atoms with Gasteiger partial charge in [0.1, 0.15) is 11.9 Å². The third-order valence-electron chi connectivity index (χ3n) is 5.30. The first kappa shape index (κ1) is 21.8. The smallest absolute Gasteiger partial charge is 0.164 e. The number of benzene rings is 2. The molecule has 0 radical (unpaired) electrons. The van der Waals surface area contributed by atoms with Gasteiger partial charge in [0.2, 0.25) is 0 Å². The molecule has 0 bridgehead atoms. The molecule has 4 heteroatoms. The zero-order valence-electron chi connectivity index (χ0n) is 18.1. The highest BCUT2D eigenvalue weighted by atomic mass is 16.7. The highest BCUT2D eigenvalue weighted by molar-refractivity contribution is 5.38. The van der Waals surface area contributed by atoms with E-state index in [0.29, 0.717) is 13.2 Å². The molecule has 0 aliphatic carbocycles. The maximum Gasteiger partial charge on any atom is 0.164 e. The van der Waals surface area contributed by atoms with E-state index >= 15 is 0 Å². The van der Waals surface area contributed by atoms with Crippen LogP contribution in [0.5, 0.6) is 5.75 Å². The summed E-state index contributed by atoms with van der Waals surface area (Å²) in [5.41, 5.74) is 3.39. The molecule has 0 saturated carbocycles. The lowest BCUT2D eigenvalue weighted by molar-refractivity contribution is -0.147. The van der Waals surface area contributed by atoms with Crippen molar-refractivity contribution in [1.29, 1.82) is 0 Å². The molecule has 2 aromatic rings. The Balaban J connectivity index is 1.77. The van der Waals surface area contributed by atoms with E-state index in [1.165, 1.54) is 18.4 Å². The summed E-state index contributed by atoms with van der Waals surface area (Å²) < 4.78 is 24.1. The summed E-state index contributed by atoms with van der Waals surface area (Å²) >= 11 is 0. The van der Waals surface area contributed by atoms with E-state index in [2.05, 4.69) is 31.2 Å². The molecule has 1 heterocycles. The van der Waals surface area contributed by atoms with Gasteiger partial charge in [-0.25, -0.2) is 0 Å². The summed E-state index contributed by atoms with van der Waals surface area (Å²) in [6, 6.07) is 16.4. The Morgan fingerprint density at radius 1 is 0.966 bits per heavy atom. The SMILES string of the molecule is CCCCC[C@H]1OC(C)(C)O[C@@H]1c1cc(OC)ccc1COCc1ccccc1. The Kier molecular flexibility index (Phi) is 7.70. The first-order valence-corrected chi connectivity index (χ1v) is 10.7. The summed E-state index contributed by atoms with van der Waals surface area (Å²) in [5, 5.41) is 0. The van der Waals surface area contributed by atoms with Crippen LogP contribution < -0.4 is 4.74 Å². The second kappa shape index (κ2) is 10.2. The van der Waals surface area contributed by atoms with E-state index in [1.54, 1.807) is 7.11 Å². The molecule has 158 valence electrons. The van der Waals surface area contributed by atoms with Gasteiger partial charge >= 0.3 is 0 Å². The first-order valence-electron chi connectivity index (χ1n) is 10.7. The van der Waals surface area contributed by atoms with Crippen LogP contribution in [0.2, 0.25) is 0 Å². The van der Waals surface area contributed by atoms with Gasteiger partial charge in [0.05, 0.1) is 26.4 Å². The molecule has 1 saturated heterocycles. The van der Waals surface area contributed by atoms with Gasteiger partial charge in [0, 0.05) is 0 Å². The van der Waals surface area contributed by atoms with Crippen molar-refractivity contribution in [2.75, 3.05) is 7.11 Å². The maximum absolute atomic E-state index is 6.35. The number of hydrogen-bond donors (Lipinski definition) is 0. The van der Waals surface area contributed by atoms with Gasteiger partial charge in [-0.15, -0.1) is 0 Å². The van der Waals surface area contributed by atoms with Crippen LogP contribution in [0.1, 0.15) is 69.2 Å². The van der Waals surface area contributed by atoms with Gasteiger partial charge in [0.25, 0.3) is 0 Å². The molecule has 3 rings (SSSR count). The molecule has 4 nitrogen and oxygen atoms in total. The fourth-order valence-corrected chi connectivity index (χ4v) is 3.85. The molecule has 29 heavy (non-hydrogen) atoms. The van der Waals surface area contributed by atoms with E-state index in [0.717, 1.165) is 29.7 Å². The fourth-order valence-electron chi connectivity index (χ4n) is 3.85. The highest BCUT2D eigenvalue weighted by Crippen LogP contribution is 2.42. The molecular weight excluding hydrogens is 364 g/mol. The summed E-state index contributed by atoms with van der Waals surface area (Å²) in [6.45, 7) is 7.31. The van der Waals surface area contributed by atoms with Crippen molar-refractivity contribution in [3.05, 3.63) is 65.2 Å². The van der Waals surface area contributed by atoms with Crippen LogP contribution in [-0.2, 0) is 27.4 Å². The summed E-state index contributed by atoms with van der Waals surface area (Å²) in [6.07, 6.45) is 4.45. The predicted octanol–water partition coefficient (Wildman–Crippen LogP) is 6.18. The van der Waals surface area contributed by atoms with Crippen LogP contribution in [0.3, 0.4) is 0 Å². The molecule has 1 fully saturated rings. The maximum atomic E-state index is 6.35. The quantitative estimate of drug-likeness (QED) is 0.448. The average Bonchev–Trinajstić information content (AvgIpc) is 3.03. The van der Waals surface area contributed by atoms with Crippen molar-refractivity contribution in [3.8, 4) is 5.75 Å². The molecule has 0 spiro atoms. The molecular formula is C25H34O4. The summed E-state index contributed by atoms with van der Waals surface area (Å²) in [7, 11) is 1.69. The van der Waals surface area contributed by atoms with Crippen LogP contribution >= 0.6 is 0 Å². The number of unbranched alkanes of at least 4 members (excludes halogenated alkanes) is 2. The topological polar surface area (TPSA) is 36.9 Å². The Morgan fingerprint density at radius 3 is 2.48 bits per heavy atom. The van der Waals surface area contributed by atoms with Crippen molar-refractivity contribution in [1.82, 2.24) is 0 Å². The van der Waals surface area contributed by atoms with Gasteiger partial charge in [-0.1, -0.05) is 62.6 Å². The molecule has 2 aromatic carbocycles. The van der Waals surface area contributed by atoms with Crippen molar-refractivity contribution in [2.24, 2.45) is 0 Å². The standard InChI is InChI=1S/C25H34O4/c1-5-6-8-13-23-24(29-25(2,3)28-23)22-16-21(26-4)15-14-20(22)18-27-17-19-11-9-7-10-12-19/h7,9-12,14-16,23-24H,5-6,8,13,17-18H2,1-4H3/t23-,24-/m1/s1. The summed E-state index contributed by atoms with van der Waals surface area (Å²) in [5.74, 6) is 0.236. The molecule has 0 aromatic heterocycles. The normalized spacial score (nSPS) is 20.7. The zero-order valence-corrected chi connectivity index (χ0v) is 18.1. The van der Waals surface area contributed by atoms with Gasteiger partial charge < -0.3 is 18.9 Å². The second-order valence-corrected chi connectivity index (χ2v) is 8.13. The van der Waals surface area contributed by atoms with E-state index in [4.69, 9.17) is 18.9 Å². The zero-order chi connectivity index (χ0) is 20.7. The number of rotatable bonds is 10. The number of ether oxygens (including phenoxy) is 4. The van der Waals surface area contributed by atoms with Gasteiger partial charge in [-0.05, 0) is 49.1 Å². The molecule has 2 atom stereocenters. The minimum absolute atomic E-state index is 0.0385. The minimum atomic E-state index is -0.590.